The molecule has 0 radical (unpaired) electrons. The van der Waals surface area contributed by atoms with E-state index in [9.17, 15) is 0 Å². The van der Waals surface area contributed by atoms with Gasteiger partial charge in [0.1, 0.15) is 10.6 Å². The summed E-state index contributed by atoms with van der Waals surface area (Å²) in [4.78, 5) is 11.5. The molecule has 0 aliphatic heterocycles. The minimum absolute atomic E-state index is 0.445. The van der Waals surface area contributed by atoms with Crippen LogP contribution in [0.1, 0.15) is 38.0 Å². The fourth-order valence-electron chi connectivity index (χ4n) is 3.02. The third kappa shape index (κ3) is 2.59. The Morgan fingerprint density at radius 3 is 2.80 bits per heavy atom. The number of nitrogens with one attached hydrogen (secondary N) is 2. The lowest BCUT2D eigenvalue weighted by molar-refractivity contribution is 0.378. The van der Waals surface area contributed by atoms with Crippen LogP contribution in [0.4, 0.5) is 11.8 Å². The maximum atomic E-state index is 4.62. The first-order chi connectivity index (χ1) is 9.47. The summed E-state index contributed by atoms with van der Waals surface area (Å²) in [7, 11) is 1.87. The Morgan fingerprint density at radius 1 is 1.35 bits per heavy atom. The molecular weight excluding hydrogens is 268 g/mol. The summed E-state index contributed by atoms with van der Waals surface area (Å²) >= 11 is 1.72. The Morgan fingerprint density at radius 2 is 2.15 bits per heavy atom. The Bertz CT molecular complexity index is 632. The van der Waals surface area contributed by atoms with Gasteiger partial charge in [-0.3, -0.25) is 0 Å². The molecular formula is C15H22N4S. The molecule has 0 bridgehead atoms. The molecule has 1 aliphatic rings. The SMILES string of the molecule is CNc1nc(NC2CCC(C)(C)C2)c2cc(C)sc2n1. The van der Waals surface area contributed by atoms with Crippen molar-refractivity contribution in [3.63, 3.8) is 0 Å². The normalized spacial score (nSPS) is 21.3. The molecule has 1 atom stereocenters. The summed E-state index contributed by atoms with van der Waals surface area (Å²) in [5, 5.41) is 7.85. The van der Waals surface area contributed by atoms with Gasteiger partial charge >= 0.3 is 0 Å². The maximum Gasteiger partial charge on any atom is 0.225 e. The quantitative estimate of drug-likeness (QED) is 0.896. The van der Waals surface area contributed by atoms with E-state index in [-0.39, 0.29) is 0 Å². The summed E-state index contributed by atoms with van der Waals surface area (Å²) in [5.41, 5.74) is 0.445. The van der Waals surface area contributed by atoms with Gasteiger partial charge in [0.25, 0.3) is 0 Å². The van der Waals surface area contributed by atoms with Crippen LogP contribution < -0.4 is 10.6 Å². The van der Waals surface area contributed by atoms with Gasteiger partial charge in [0.05, 0.1) is 5.39 Å². The third-order valence-corrected chi connectivity index (χ3v) is 4.99. The van der Waals surface area contributed by atoms with Crippen molar-refractivity contribution in [1.29, 1.82) is 0 Å². The average molecular weight is 290 g/mol. The van der Waals surface area contributed by atoms with Gasteiger partial charge in [0.2, 0.25) is 5.95 Å². The highest BCUT2D eigenvalue weighted by molar-refractivity contribution is 7.18. The molecule has 0 amide bonds. The van der Waals surface area contributed by atoms with Crippen LogP contribution in [0.2, 0.25) is 0 Å². The Labute approximate surface area is 124 Å². The minimum Gasteiger partial charge on any atom is -0.367 e. The van der Waals surface area contributed by atoms with E-state index in [0.29, 0.717) is 17.4 Å². The van der Waals surface area contributed by atoms with E-state index in [0.717, 1.165) is 16.0 Å². The molecule has 0 saturated heterocycles. The second-order valence-corrected chi connectivity index (χ2v) is 7.70. The van der Waals surface area contributed by atoms with Gasteiger partial charge in [-0.15, -0.1) is 11.3 Å². The fraction of sp³-hybridized carbons (Fsp3) is 0.600. The van der Waals surface area contributed by atoms with Crippen LogP contribution in [0.25, 0.3) is 10.2 Å². The highest BCUT2D eigenvalue weighted by Crippen LogP contribution is 2.39. The van der Waals surface area contributed by atoms with Crippen molar-refractivity contribution < 1.29 is 0 Å². The molecule has 4 nitrogen and oxygen atoms in total. The zero-order valence-electron chi connectivity index (χ0n) is 12.6. The molecule has 3 rings (SSSR count). The van der Waals surface area contributed by atoms with Crippen LogP contribution in [0.5, 0.6) is 0 Å². The number of anilines is 2. The zero-order chi connectivity index (χ0) is 14.3. The van der Waals surface area contributed by atoms with Crippen LogP contribution in [0.3, 0.4) is 0 Å². The molecule has 5 heteroatoms. The van der Waals surface area contributed by atoms with Gasteiger partial charge in [-0.05, 0) is 37.7 Å². The average Bonchev–Trinajstić information content (AvgIpc) is 2.91. The van der Waals surface area contributed by atoms with E-state index < -0.39 is 0 Å². The van der Waals surface area contributed by atoms with Crippen molar-refractivity contribution in [2.45, 2.75) is 46.1 Å². The smallest absolute Gasteiger partial charge is 0.225 e. The lowest BCUT2D eigenvalue weighted by Gasteiger charge is -2.18. The van der Waals surface area contributed by atoms with E-state index in [4.69, 9.17) is 0 Å². The fourth-order valence-corrected chi connectivity index (χ4v) is 3.90. The largest absolute Gasteiger partial charge is 0.367 e. The molecule has 108 valence electrons. The van der Waals surface area contributed by atoms with Crippen LogP contribution in [-0.2, 0) is 0 Å². The molecule has 20 heavy (non-hydrogen) atoms. The first-order valence-corrected chi connectivity index (χ1v) is 8.01. The van der Waals surface area contributed by atoms with E-state index in [1.54, 1.807) is 11.3 Å². The molecule has 1 fully saturated rings. The lowest BCUT2D eigenvalue weighted by Crippen LogP contribution is -2.18. The number of thiophene rings is 1. The van der Waals surface area contributed by atoms with Gasteiger partial charge in [-0.2, -0.15) is 4.98 Å². The minimum atomic E-state index is 0.445. The molecule has 1 aliphatic carbocycles. The van der Waals surface area contributed by atoms with Gasteiger partial charge in [-0.1, -0.05) is 13.8 Å². The van der Waals surface area contributed by atoms with Crippen LogP contribution in [0.15, 0.2) is 6.07 Å². The number of fused-ring (bicyclic) bond motifs is 1. The molecule has 1 unspecified atom stereocenters. The number of hydrogen-bond donors (Lipinski definition) is 2. The van der Waals surface area contributed by atoms with Crippen molar-refractivity contribution in [1.82, 2.24) is 9.97 Å². The van der Waals surface area contributed by atoms with Crippen molar-refractivity contribution in [2.24, 2.45) is 5.41 Å². The van der Waals surface area contributed by atoms with E-state index >= 15 is 0 Å². The second-order valence-electron chi connectivity index (χ2n) is 6.47. The molecule has 2 aromatic heterocycles. The van der Waals surface area contributed by atoms with Gasteiger partial charge < -0.3 is 10.6 Å². The molecule has 2 aromatic rings. The predicted molar refractivity (Wildman–Crippen MR) is 86.7 cm³/mol. The van der Waals surface area contributed by atoms with Crippen molar-refractivity contribution in [3.05, 3.63) is 10.9 Å². The first kappa shape index (κ1) is 13.6. The summed E-state index contributed by atoms with van der Waals surface area (Å²) < 4.78 is 0. The van der Waals surface area contributed by atoms with E-state index in [1.807, 2.05) is 7.05 Å². The predicted octanol–water partition coefficient (Wildman–Crippen LogP) is 4.03. The topological polar surface area (TPSA) is 49.8 Å². The van der Waals surface area contributed by atoms with Crippen LogP contribution in [-0.4, -0.2) is 23.1 Å². The summed E-state index contributed by atoms with van der Waals surface area (Å²) in [6, 6.07) is 2.70. The second kappa shape index (κ2) is 4.88. The van der Waals surface area contributed by atoms with Crippen LogP contribution >= 0.6 is 11.3 Å². The Kier molecular flexibility index (Phi) is 3.32. The Balaban J connectivity index is 1.93. The Hall–Kier alpha value is -1.36. The van der Waals surface area contributed by atoms with E-state index in [1.165, 1.54) is 24.1 Å². The molecule has 2 N–H and O–H groups in total. The zero-order valence-corrected chi connectivity index (χ0v) is 13.4. The summed E-state index contributed by atoms with van der Waals surface area (Å²) in [6.45, 7) is 6.81. The number of aryl methyl sites for hydroxylation is 1. The summed E-state index contributed by atoms with van der Waals surface area (Å²) in [5.74, 6) is 1.67. The number of rotatable bonds is 3. The van der Waals surface area contributed by atoms with Crippen LogP contribution in [0, 0.1) is 12.3 Å². The van der Waals surface area contributed by atoms with E-state index in [2.05, 4.69) is 47.4 Å². The molecule has 0 spiro atoms. The highest BCUT2D eigenvalue weighted by atomic mass is 32.1. The standard InChI is InChI=1S/C15H22N4S/c1-9-7-11-12(17-10-5-6-15(2,3)8-10)18-14(16-4)19-13(11)20-9/h7,10H,5-6,8H2,1-4H3,(H2,16,17,18,19). The third-order valence-electron chi connectivity index (χ3n) is 4.05. The number of hydrogen-bond acceptors (Lipinski definition) is 5. The first-order valence-electron chi connectivity index (χ1n) is 7.19. The number of aromatic nitrogens is 2. The summed E-state index contributed by atoms with van der Waals surface area (Å²) in [6.07, 6.45) is 3.70. The molecule has 2 heterocycles. The molecule has 0 aromatic carbocycles. The maximum absolute atomic E-state index is 4.62. The lowest BCUT2D eigenvalue weighted by atomic mass is 9.92. The van der Waals surface area contributed by atoms with Crippen molar-refractivity contribution >= 4 is 33.3 Å². The van der Waals surface area contributed by atoms with Crippen molar-refractivity contribution in [3.8, 4) is 0 Å². The highest BCUT2D eigenvalue weighted by Gasteiger charge is 2.31. The monoisotopic (exact) mass is 290 g/mol. The van der Waals surface area contributed by atoms with Gasteiger partial charge in [0.15, 0.2) is 0 Å². The van der Waals surface area contributed by atoms with Crippen molar-refractivity contribution in [2.75, 3.05) is 17.7 Å². The van der Waals surface area contributed by atoms with Gasteiger partial charge in [0, 0.05) is 18.0 Å². The van der Waals surface area contributed by atoms with Gasteiger partial charge in [-0.25, -0.2) is 4.98 Å². The number of nitrogens with zero attached hydrogens (tertiary/aromatic N) is 2. The molecule has 1 saturated carbocycles.